The van der Waals surface area contributed by atoms with E-state index in [-0.39, 0.29) is 11.8 Å². The summed E-state index contributed by atoms with van der Waals surface area (Å²) in [6, 6.07) is 14.6. The van der Waals surface area contributed by atoms with Crippen molar-refractivity contribution in [3.63, 3.8) is 0 Å². The van der Waals surface area contributed by atoms with Gasteiger partial charge in [0.2, 0.25) is 5.91 Å². The second kappa shape index (κ2) is 10.9. The summed E-state index contributed by atoms with van der Waals surface area (Å²) in [6.45, 7) is 3.86. The number of rotatable bonds is 5. The van der Waals surface area contributed by atoms with Crippen LogP contribution in [0.3, 0.4) is 0 Å². The van der Waals surface area contributed by atoms with Crippen LogP contribution in [0.5, 0.6) is 0 Å². The van der Waals surface area contributed by atoms with Crippen molar-refractivity contribution in [3.8, 4) is 0 Å². The molecule has 2 amide bonds. The maximum atomic E-state index is 12.3. The molecule has 0 aromatic heterocycles. The fourth-order valence-electron chi connectivity index (χ4n) is 2.15. The summed E-state index contributed by atoms with van der Waals surface area (Å²) in [5.41, 5.74) is 2.90. The molecule has 2 rings (SSSR count). The predicted octanol–water partition coefficient (Wildman–Crippen LogP) is 3.32. The highest BCUT2D eigenvalue weighted by molar-refractivity contribution is 7.51. The fourth-order valence-corrected chi connectivity index (χ4v) is 2.15. The smallest absolute Gasteiger partial charge is 0.326 e. The van der Waals surface area contributed by atoms with Crippen LogP contribution in [0.4, 0.5) is 11.4 Å². The van der Waals surface area contributed by atoms with E-state index >= 15 is 0 Å². The summed E-state index contributed by atoms with van der Waals surface area (Å²) < 4.78 is 16.6. The van der Waals surface area contributed by atoms with Gasteiger partial charge in [0.1, 0.15) is 0 Å². The van der Waals surface area contributed by atoms with Gasteiger partial charge in [-0.05, 0) is 43.2 Å². The molecule has 2 aromatic rings. The quantitative estimate of drug-likeness (QED) is 0.855. The minimum atomic E-state index is -0.750. The van der Waals surface area contributed by atoms with E-state index in [0.29, 0.717) is 23.4 Å². The maximum absolute atomic E-state index is 12.3. The summed E-state index contributed by atoms with van der Waals surface area (Å²) in [6.07, 6.45) is 1.29. The van der Waals surface area contributed by atoms with Crippen LogP contribution in [-0.4, -0.2) is 20.2 Å². The molecular weight excluding hydrogens is 340 g/mol. The minimum Gasteiger partial charge on any atom is -0.326 e. The number of nitrogens with one attached hydrogen (secondary N) is 2. The zero-order valence-electron chi connectivity index (χ0n) is 14.1. The van der Waals surface area contributed by atoms with E-state index < -0.39 is 11.6 Å². The van der Waals surface area contributed by atoms with Crippen LogP contribution in [0.2, 0.25) is 0 Å². The van der Waals surface area contributed by atoms with Gasteiger partial charge in [-0.3, -0.25) is 9.59 Å². The van der Waals surface area contributed by atoms with E-state index in [1.807, 2.05) is 32.0 Å². The monoisotopic (exact) mass is 360 g/mol. The lowest BCUT2D eigenvalue weighted by atomic mass is 10.1. The predicted molar refractivity (Wildman–Crippen MR) is 98.0 cm³/mol. The Morgan fingerprint density at radius 3 is 2.16 bits per heavy atom. The van der Waals surface area contributed by atoms with E-state index in [9.17, 15) is 9.59 Å². The van der Waals surface area contributed by atoms with Crippen molar-refractivity contribution >= 4 is 34.8 Å². The van der Waals surface area contributed by atoms with Crippen molar-refractivity contribution in [2.75, 3.05) is 10.6 Å². The van der Waals surface area contributed by atoms with Crippen molar-refractivity contribution in [1.82, 2.24) is 0 Å². The SMILES string of the molecule is CCCC(=O)Nc1cccc(NC(=O)c2ccccc2C)c1.O=S=O. The van der Waals surface area contributed by atoms with Crippen LogP contribution in [0, 0.1) is 6.92 Å². The van der Waals surface area contributed by atoms with Gasteiger partial charge in [-0.15, -0.1) is 0 Å². The number of anilines is 2. The molecule has 0 aliphatic heterocycles. The van der Waals surface area contributed by atoms with Crippen LogP contribution in [-0.2, 0) is 16.4 Å². The van der Waals surface area contributed by atoms with Gasteiger partial charge in [0.05, 0.1) is 0 Å². The Labute approximate surface area is 150 Å². The summed E-state index contributed by atoms with van der Waals surface area (Å²) >= 11 is -0.750. The molecule has 6 nitrogen and oxygen atoms in total. The Kier molecular flexibility index (Phi) is 8.81. The van der Waals surface area contributed by atoms with E-state index in [0.717, 1.165) is 12.0 Å². The molecule has 0 heterocycles. The lowest BCUT2D eigenvalue weighted by molar-refractivity contribution is -0.116. The second-order valence-electron chi connectivity index (χ2n) is 5.22. The summed E-state index contributed by atoms with van der Waals surface area (Å²) in [5.74, 6) is -0.181. The van der Waals surface area contributed by atoms with Crippen LogP contribution in [0.1, 0.15) is 35.7 Å². The average Bonchev–Trinajstić information content (AvgIpc) is 2.56. The zero-order chi connectivity index (χ0) is 18.7. The molecule has 0 saturated carbocycles. The largest absolute Gasteiger partial charge is 0.335 e. The molecule has 0 radical (unpaired) electrons. The molecule has 132 valence electrons. The third-order valence-electron chi connectivity index (χ3n) is 3.27. The number of carbonyl (C=O) groups is 2. The Balaban J connectivity index is 0.000000970. The van der Waals surface area contributed by atoms with Crippen molar-refractivity contribution in [2.24, 2.45) is 0 Å². The van der Waals surface area contributed by atoms with Gasteiger partial charge in [-0.1, -0.05) is 31.2 Å². The molecule has 0 atom stereocenters. The standard InChI is InChI=1S/C18H20N2O2.O2S/c1-3-7-17(21)19-14-9-6-10-15(12-14)20-18(22)16-11-5-4-8-13(16)2;1-3-2/h4-6,8-12H,3,7H2,1-2H3,(H,19,21)(H,20,22);. The third kappa shape index (κ3) is 7.09. The van der Waals surface area contributed by atoms with E-state index in [4.69, 9.17) is 8.42 Å². The lowest BCUT2D eigenvalue weighted by Crippen LogP contribution is -2.14. The van der Waals surface area contributed by atoms with Gasteiger partial charge >= 0.3 is 11.6 Å². The molecule has 0 fully saturated rings. The molecule has 7 heteroatoms. The first kappa shape index (κ1) is 20.2. The maximum Gasteiger partial charge on any atom is 0.335 e. The Hall–Kier alpha value is -2.80. The van der Waals surface area contributed by atoms with Gasteiger partial charge in [0, 0.05) is 23.4 Å². The minimum absolute atomic E-state index is 0.0233. The topological polar surface area (TPSA) is 92.3 Å². The van der Waals surface area contributed by atoms with E-state index in [1.54, 1.807) is 30.3 Å². The highest BCUT2D eigenvalue weighted by Gasteiger charge is 2.09. The molecule has 25 heavy (non-hydrogen) atoms. The van der Waals surface area contributed by atoms with Gasteiger partial charge in [0.15, 0.2) is 0 Å². The first-order valence-corrected chi connectivity index (χ1v) is 8.37. The molecule has 0 unspecified atom stereocenters. The molecule has 0 bridgehead atoms. The molecule has 2 N–H and O–H groups in total. The van der Waals surface area contributed by atoms with Gasteiger partial charge in [-0.25, -0.2) is 0 Å². The van der Waals surface area contributed by atoms with Crippen LogP contribution in [0.25, 0.3) is 0 Å². The summed E-state index contributed by atoms with van der Waals surface area (Å²) in [5, 5.41) is 5.67. The number of amides is 2. The highest BCUT2D eigenvalue weighted by Crippen LogP contribution is 2.17. The van der Waals surface area contributed by atoms with Crippen molar-refractivity contribution < 1.29 is 18.0 Å². The number of hydrogen-bond acceptors (Lipinski definition) is 4. The van der Waals surface area contributed by atoms with E-state index in [2.05, 4.69) is 10.6 Å². The second-order valence-corrected chi connectivity index (χ2v) is 5.35. The highest BCUT2D eigenvalue weighted by atomic mass is 32.1. The van der Waals surface area contributed by atoms with Gasteiger partial charge in [-0.2, -0.15) is 8.42 Å². The van der Waals surface area contributed by atoms with Crippen molar-refractivity contribution in [2.45, 2.75) is 26.7 Å². The Morgan fingerprint density at radius 1 is 0.960 bits per heavy atom. The molecule has 0 spiro atoms. The first-order chi connectivity index (χ1) is 12.0. The number of hydrogen-bond donors (Lipinski definition) is 2. The third-order valence-corrected chi connectivity index (χ3v) is 3.27. The molecule has 0 aliphatic carbocycles. The van der Waals surface area contributed by atoms with Crippen LogP contribution in [0.15, 0.2) is 48.5 Å². The lowest BCUT2D eigenvalue weighted by Gasteiger charge is -2.10. The van der Waals surface area contributed by atoms with Crippen LogP contribution >= 0.6 is 0 Å². The Morgan fingerprint density at radius 2 is 1.56 bits per heavy atom. The zero-order valence-corrected chi connectivity index (χ0v) is 14.9. The van der Waals surface area contributed by atoms with Crippen molar-refractivity contribution in [1.29, 1.82) is 0 Å². The summed E-state index contributed by atoms with van der Waals surface area (Å²) in [4.78, 5) is 23.9. The first-order valence-electron chi connectivity index (χ1n) is 7.70. The molecule has 0 aliphatic rings. The summed E-state index contributed by atoms with van der Waals surface area (Å²) in [7, 11) is 0. The fraction of sp³-hybridized carbons (Fsp3) is 0.222. The average molecular weight is 360 g/mol. The van der Waals surface area contributed by atoms with E-state index in [1.165, 1.54) is 0 Å². The van der Waals surface area contributed by atoms with Crippen molar-refractivity contribution in [3.05, 3.63) is 59.7 Å². The Bertz CT molecular complexity index is 771. The van der Waals surface area contributed by atoms with Gasteiger partial charge < -0.3 is 10.6 Å². The normalized spacial score (nSPS) is 9.36. The number of carbonyl (C=O) groups excluding carboxylic acids is 2. The number of benzene rings is 2. The van der Waals surface area contributed by atoms with Gasteiger partial charge in [0.25, 0.3) is 5.91 Å². The molecule has 0 saturated heterocycles. The molecule has 2 aromatic carbocycles. The molecular formula is C18H20N2O4S. The number of aryl methyl sites for hydroxylation is 1. The van der Waals surface area contributed by atoms with Crippen LogP contribution < -0.4 is 10.6 Å².